The van der Waals surface area contributed by atoms with Crippen LogP contribution in [0.15, 0.2) is 24.3 Å². The van der Waals surface area contributed by atoms with Gasteiger partial charge in [-0.1, -0.05) is 25.7 Å². The second kappa shape index (κ2) is 8.75. The number of rotatable bonds is 4. The third-order valence-corrected chi connectivity index (χ3v) is 7.76. The van der Waals surface area contributed by atoms with Gasteiger partial charge in [-0.3, -0.25) is 4.79 Å². The highest BCUT2D eigenvalue weighted by atomic mass is 16.7. The normalized spacial score (nSPS) is 47.5. The molecule has 0 aromatic heterocycles. The van der Waals surface area contributed by atoms with Gasteiger partial charge in [-0.05, 0) is 25.2 Å². The lowest BCUT2D eigenvalue weighted by Gasteiger charge is -2.54. The topological polar surface area (TPSA) is 152 Å². The van der Waals surface area contributed by atoms with Gasteiger partial charge in [0, 0.05) is 23.8 Å². The lowest BCUT2D eigenvalue weighted by molar-refractivity contribution is -0.324. The summed E-state index contributed by atoms with van der Waals surface area (Å²) in [7, 11) is 0. The molecule has 2 aliphatic carbocycles. The molecule has 2 saturated carbocycles. The number of aliphatic hydroxyl groups excluding tert-OH is 4. The first kappa shape index (κ1) is 24.3. The summed E-state index contributed by atoms with van der Waals surface area (Å²) < 4.78 is 21.9. The van der Waals surface area contributed by atoms with Crippen LogP contribution in [0.4, 0.5) is 0 Å². The van der Waals surface area contributed by atoms with Crippen molar-refractivity contribution in [3.63, 3.8) is 0 Å². The third-order valence-electron chi connectivity index (χ3n) is 7.76. The summed E-state index contributed by atoms with van der Waals surface area (Å²) in [5.41, 5.74) is 0.578. The number of carbonyl (C=O) groups excluding carboxylic acids is 2. The number of aliphatic hydroxyl groups is 4. The molecule has 10 heteroatoms. The fraction of sp³-hybridized carbons (Fsp3) is 0.739. The van der Waals surface area contributed by atoms with E-state index in [4.69, 9.17) is 18.9 Å². The van der Waals surface area contributed by atoms with Gasteiger partial charge in [0.05, 0.1) is 12.2 Å². The quantitative estimate of drug-likeness (QED) is 0.185. The Kier molecular flexibility index (Phi) is 6.45. The van der Waals surface area contributed by atoms with Gasteiger partial charge in [0.15, 0.2) is 6.29 Å². The minimum absolute atomic E-state index is 0.0822. The lowest BCUT2D eigenvalue weighted by atomic mass is 9.54. The van der Waals surface area contributed by atoms with Crippen LogP contribution < -0.4 is 0 Å². The molecule has 11 atom stereocenters. The van der Waals surface area contributed by atoms with Gasteiger partial charge in [-0.15, -0.1) is 0 Å². The van der Waals surface area contributed by atoms with Gasteiger partial charge in [0.2, 0.25) is 0 Å². The maximum absolute atomic E-state index is 12.0. The molecular formula is C23H32O10. The second-order valence-electron chi connectivity index (χ2n) is 9.87. The fourth-order valence-electron chi connectivity index (χ4n) is 5.81. The monoisotopic (exact) mass is 468 g/mol. The zero-order valence-corrected chi connectivity index (χ0v) is 18.8. The van der Waals surface area contributed by atoms with Gasteiger partial charge in [-0.2, -0.15) is 0 Å². The first-order valence-corrected chi connectivity index (χ1v) is 11.2. The van der Waals surface area contributed by atoms with Gasteiger partial charge in [0.1, 0.15) is 37.1 Å². The molecule has 0 aromatic rings. The molecule has 0 aromatic carbocycles. The standard InChI is InChI=1S/C23H32O10/c1-9-5-14(32-22-19(27)18(26)17(25)16(33-22)8-30-11(3)24)20(28)23(4)7-15-12(6-13(9)23)10(2)21(29)31-15/h12-20,22,25-28H,1-2,5-8H2,3-4H3/t12-,13+,14+,15-,16-,17-,18+,19-,20-,22-,23-/m1/s1. The fourth-order valence-corrected chi connectivity index (χ4v) is 5.81. The average molecular weight is 468 g/mol. The number of esters is 2. The van der Waals surface area contributed by atoms with Crippen molar-refractivity contribution >= 4 is 11.9 Å². The lowest BCUT2D eigenvalue weighted by Crippen LogP contribution is -2.62. The largest absolute Gasteiger partial charge is 0.463 e. The number of ether oxygens (including phenoxy) is 4. The maximum Gasteiger partial charge on any atom is 0.334 e. The predicted octanol–water partition coefficient (Wildman–Crippen LogP) is -0.423. The Morgan fingerprint density at radius 1 is 1.18 bits per heavy atom. The predicted molar refractivity (Wildman–Crippen MR) is 111 cm³/mol. The molecule has 0 unspecified atom stereocenters. The van der Waals surface area contributed by atoms with E-state index in [0.717, 1.165) is 5.57 Å². The molecule has 0 radical (unpaired) electrons. The molecule has 4 rings (SSSR count). The molecule has 184 valence electrons. The minimum atomic E-state index is -1.60. The van der Waals surface area contributed by atoms with Gasteiger partial charge < -0.3 is 39.4 Å². The molecule has 0 spiro atoms. The van der Waals surface area contributed by atoms with E-state index in [1.165, 1.54) is 6.92 Å². The smallest absolute Gasteiger partial charge is 0.334 e. The molecular weight excluding hydrogens is 436 g/mol. The highest BCUT2D eigenvalue weighted by Crippen LogP contribution is 2.57. The molecule has 4 fully saturated rings. The van der Waals surface area contributed by atoms with Gasteiger partial charge >= 0.3 is 11.9 Å². The summed E-state index contributed by atoms with van der Waals surface area (Å²) in [6.07, 6.45) is -8.13. The summed E-state index contributed by atoms with van der Waals surface area (Å²) in [6.45, 7) is 10.8. The molecule has 2 saturated heterocycles. The van der Waals surface area contributed by atoms with Crippen molar-refractivity contribution in [1.29, 1.82) is 0 Å². The first-order chi connectivity index (χ1) is 15.4. The SMILES string of the molecule is C=C1C(=O)O[C@@H]2C[C@@]3(C)[C@H](O)[C@@H](O[C@@H]4O[C@H](COC(C)=O)[C@@H](O)[C@H](O)[C@H]4O)CC(=C)[C@@H]3C[C@H]12. The van der Waals surface area contributed by atoms with Crippen molar-refractivity contribution in [1.82, 2.24) is 0 Å². The van der Waals surface area contributed by atoms with E-state index in [0.29, 0.717) is 18.4 Å². The van der Waals surface area contributed by atoms with Crippen molar-refractivity contribution in [3.05, 3.63) is 24.3 Å². The van der Waals surface area contributed by atoms with Crippen LogP contribution in [-0.4, -0.2) is 88.0 Å². The molecule has 0 amide bonds. The third kappa shape index (κ3) is 4.13. The number of carbonyl (C=O) groups is 2. The van der Waals surface area contributed by atoms with Crippen molar-refractivity contribution in [2.24, 2.45) is 17.3 Å². The number of hydrogen-bond acceptors (Lipinski definition) is 10. The van der Waals surface area contributed by atoms with Crippen LogP contribution in [0.3, 0.4) is 0 Å². The van der Waals surface area contributed by atoms with E-state index in [1.54, 1.807) is 0 Å². The molecule has 0 bridgehead atoms. The Morgan fingerprint density at radius 3 is 2.55 bits per heavy atom. The van der Waals surface area contributed by atoms with E-state index in [9.17, 15) is 30.0 Å². The second-order valence-corrected chi connectivity index (χ2v) is 9.87. The molecule has 33 heavy (non-hydrogen) atoms. The summed E-state index contributed by atoms with van der Waals surface area (Å²) in [5.74, 6) is -1.20. The Morgan fingerprint density at radius 2 is 1.88 bits per heavy atom. The van der Waals surface area contributed by atoms with Crippen LogP contribution in [0.2, 0.25) is 0 Å². The van der Waals surface area contributed by atoms with Crippen molar-refractivity contribution < 1.29 is 49.0 Å². The first-order valence-electron chi connectivity index (χ1n) is 11.2. The van der Waals surface area contributed by atoms with E-state index in [-0.39, 0.29) is 31.0 Å². The molecule has 2 aliphatic heterocycles. The maximum atomic E-state index is 12.0. The number of hydrogen-bond donors (Lipinski definition) is 4. The Bertz CT molecular complexity index is 841. The molecule has 2 heterocycles. The van der Waals surface area contributed by atoms with E-state index in [2.05, 4.69) is 13.2 Å². The Hall–Kier alpha value is -1.82. The van der Waals surface area contributed by atoms with Crippen molar-refractivity contribution in [3.8, 4) is 0 Å². The number of fused-ring (bicyclic) bond motifs is 2. The van der Waals surface area contributed by atoms with Crippen LogP contribution in [0.5, 0.6) is 0 Å². The summed E-state index contributed by atoms with van der Waals surface area (Å²) >= 11 is 0. The van der Waals surface area contributed by atoms with E-state index >= 15 is 0 Å². The summed E-state index contributed by atoms with van der Waals surface area (Å²) in [5, 5.41) is 42.2. The molecule has 10 nitrogen and oxygen atoms in total. The van der Waals surface area contributed by atoms with Crippen LogP contribution in [-0.2, 0) is 28.5 Å². The highest BCUT2D eigenvalue weighted by Gasteiger charge is 2.59. The van der Waals surface area contributed by atoms with E-state index < -0.39 is 60.3 Å². The van der Waals surface area contributed by atoms with E-state index in [1.807, 2.05) is 6.92 Å². The van der Waals surface area contributed by atoms with Crippen LogP contribution in [0.1, 0.15) is 33.1 Å². The van der Waals surface area contributed by atoms with Crippen molar-refractivity contribution in [2.45, 2.75) is 82.1 Å². The van der Waals surface area contributed by atoms with Crippen molar-refractivity contribution in [2.75, 3.05) is 6.61 Å². The average Bonchev–Trinajstić information content (AvgIpc) is 3.02. The highest BCUT2D eigenvalue weighted by molar-refractivity contribution is 5.90. The van der Waals surface area contributed by atoms with Crippen LogP contribution in [0.25, 0.3) is 0 Å². The van der Waals surface area contributed by atoms with Gasteiger partial charge in [0.25, 0.3) is 0 Å². The van der Waals surface area contributed by atoms with Crippen LogP contribution in [0, 0.1) is 17.3 Å². The van der Waals surface area contributed by atoms with Crippen LogP contribution >= 0.6 is 0 Å². The summed E-state index contributed by atoms with van der Waals surface area (Å²) in [6, 6.07) is 0. The summed E-state index contributed by atoms with van der Waals surface area (Å²) in [4.78, 5) is 23.1. The Labute approximate surface area is 191 Å². The van der Waals surface area contributed by atoms with Gasteiger partial charge in [-0.25, -0.2) is 4.79 Å². The molecule has 4 aliphatic rings. The molecule has 4 N–H and O–H groups in total. The zero-order chi connectivity index (χ0) is 24.2. The Balaban J connectivity index is 1.50. The zero-order valence-electron chi connectivity index (χ0n) is 18.8. The minimum Gasteiger partial charge on any atom is -0.463 e.